The molecule has 0 amide bonds. The van der Waals surface area contributed by atoms with Crippen LogP contribution in [0.25, 0.3) is 86.6 Å². The summed E-state index contributed by atoms with van der Waals surface area (Å²) in [4.78, 5) is 42.4. The summed E-state index contributed by atoms with van der Waals surface area (Å²) < 4.78 is 0. The van der Waals surface area contributed by atoms with Crippen molar-refractivity contribution >= 4 is 111 Å². The van der Waals surface area contributed by atoms with Gasteiger partial charge in [0.1, 0.15) is 0 Å². The molecule has 0 spiro atoms. The van der Waals surface area contributed by atoms with Gasteiger partial charge in [-0.1, -0.05) is 133 Å². The fourth-order valence-corrected chi connectivity index (χ4v) is 8.76. The van der Waals surface area contributed by atoms with Crippen molar-refractivity contribution in [1.82, 2.24) is 19.9 Å². The summed E-state index contributed by atoms with van der Waals surface area (Å²) in [7, 11) is 0. The van der Waals surface area contributed by atoms with E-state index < -0.39 is 11.9 Å². The Hall–Kier alpha value is -8.24. The molecule has 4 aromatic heterocycles. The van der Waals surface area contributed by atoms with Gasteiger partial charge < -0.3 is 20.8 Å². The van der Waals surface area contributed by atoms with Crippen molar-refractivity contribution in [1.29, 1.82) is 0 Å². The third-order valence-electron chi connectivity index (χ3n) is 11.8. The maximum absolute atomic E-state index is 11.9. The van der Waals surface area contributed by atoms with E-state index >= 15 is 0 Å². The second-order valence-corrected chi connectivity index (χ2v) is 15.6. The molecule has 312 valence electrons. The molecule has 0 bridgehead atoms. The first-order chi connectivity index (χ1) is 31.4. The first-order valence-electron chi connectivity index (χ1n) is 20.7. The molecule has 7 aromatic carbocycles. The number of nitrogens with zero attached hydrogens (tertiary/aromatic N) is 6. The molecular formula is C54H34FeN6O4. The van der Waals surface area contributed by atoms with E-state index in [4.69, 9.17) is 15.6 Å². The summed E-state index contributed by atoms with van der Waals surface area (Å²) >= 11 is 0. The van der Waals surface area contributed by atoms with Crippen LogP contribution in [0.1, 0.15) is 31.8 Å². The molecule has 1 aliphatic rings. The van der Waals surface area contributed by atoms with Crippen molar-refractivity contribution in [2.24, 2.45) is 0 Å². The van der Waals surface area contributed by atoms with Gasteiger partial charge >= 0.3 is 29.0 Å². The van der Waals surface area contributed by atoms with Crippen molar-refractivity contribution in [3.8, 4) is 0 Å². The monoisotopic (exact) mass is 886 g/mol. The average Bonchev–Trinajstić information content (AvgIpc) is 3.34. The molecule has 65 heavy (non-hydrogen) atoms. The SMILES string of the molecule is O=C(O)c1cc([N-]c2cccc3c2ncc2ccccc23)c2ncc3ccccc3c2c1.O=C(O)c1cc([N-]c2cccc3c4c(cnc23)CC=CC4)c2ncc3ccccc3c2c1.[Fe+2]. The molecule has 1 aliphatic carbocycles. The van der Waals surface area contributed by atoms with Crippen LogP contribution >= 0.6 is 0 Å². The zero-order valence-corrected chi connectivity index (χ0v) is 35.4. The van der Waals surface area contributed by atoms with Crippen molar-refractivity contribution < 1.29 is 36.9 Å². The van der Waals surface area contributed by atoms with E-state index in [1.54, 1.807) is 36.7 Å². The number of hydrogen-bond acceptors (Lipinski definition) is 6. The molecule has 2 N–H and O–H groups in total. The minimum atomic E-state index is -1.00. The Morgan fingerprint density at radius 2 is 0.815 bits per heavy atom. The number of aromatic nitrogens is 4. The summed E-state index contributed by atoms with van der Waals surface area (Å²) in [5.41, 5.74) is 8.20. The van der Waals surface area contributed by atoms with Crippen LogP contribution < -0.4 is 0 Å². The Labute approximate surface area is 381 Å². The normalized spacial score (nSPS) is 11.9. The molecule has 4 heterocycles. The van der Waals surface area contributed by atoms with Crippen molar-refractivity contribution in [3.63, 3.8) is 0 Å². The molecule has 0 fully saturated rings. The van der Waals surface area contributed by atoms with Gasteiger partial charge in [-0.05, 0) is 52.3 Å². The second kappa shape index (κ2) is 16.8. The Bertz CT molecular complexity index is 3780. The number of para-hydroxylation sites is 2. The fraction of sp³-hybridized carbons (Fsp3) is 0.0370. The molecule has 10 nitrogen and oxygen atoms in total. The van der Waals surface area contributed by atoms with E-state index in [1.807, 2.05) is 109 Å². The van der Waals surface area contributed by atoms with Gasteiger partial charge in [0.15, 0.2) is 0 Å². The molecule has 11 aromatic rings. The summed E-state index contributed by atoms with van der Waals surface area (Å²) in [6, 6.07) is 42.1. The number of hydrogen-bond donors (Lipinski definition) is 2. The average molecular weight is 887 g/mol. The first-order valence-corrected chi connectivity index (χ1v) is 20.7. The maximum atomic E-state index is 11.9. The van der Waals surface area contributed by atoms with Gasteiger partial charge in [-0.3, -0.25) is 19.9 Å². The molecule has 0 radical (unpaired) electrons. The zero-order chi connectivity index (χ0) is 43.3. The number of carboxylic acid groups (broad SMARTS) is 2. The van der Waals surface area contributed by atoms with E-state index in [2.05, 4.69) is 39.2 Å². The molecule has 0 unspecified atom stereocenters. The molecule has 0 atom stereocenters. The minimum absolute atomic E-state index is 0. The predicted molar refractivity (Wildman–Crippen MR) is 255 cm³/mol. The molecule has 11 heteroatoms. The van der Waals surface area contributed by atoms with E-state index in [0.29, 0.717) is 33.8 Å². The van der Waals surface area contributed by atoms with Gasteiger partial charge in [-0.2, -0.15) is 0 Å². The van der Waals surface area contributed by atoms with Crippen LogP contribution in [-0.4, -0.2) is 42.1 Å². The number of rotatable bonds is 6. The Kier molecular flexibility index (Phi) is 10.5. The summed E-state index contributed by atoms with van der Waals surface area (Å²) in [6.07, 6.45) is 13.5. The standard InChI is InChI=1S/C27H18N3O2.C27H16N3O2.Fe/c2*31-27(32)18-12-22-20-9-4-2-7-17(20)15-29-26(22)24(13-18)30-23-11-5-10-21-19-8-3-1-6-16(19)14-28-25(21)23;/h1-5,7,9-15H,6,8H2,(H,31,32);1-15H,(H,31,32);/q2*-1;+2. The van der Waals surface area contributed by atoms with Gasteiger partial charge in [0.25, 0.3) is 0 Å². The smallest absolute Gasteiger partial charge is 0.654 e. The molecular weight excluding hydrogens is 852 g/mol. The number of fused-ring (bicyclic) bond motifs is 12. The van der Waals surface area contributed by atoms with Crippen molar-refractivity contribution in [3.05, 3.63) is 203 Å². The van der Waals surface area contributed by atoms with Crippen LogP contribution in [0.3, 0.4) is 0 Å². The number of carboxylic acids is 2. The van der Waals surface area contributed by atoms with Gasteiger partial charge in [-0.25, -0.2) is 9.59 Å². The zero-order valence-electron chi connectivity index (χ0n) is 34.3. The quantitative estimate of drug-likeness (QED) is 0.0950. The topological polar surface area (TPSA) is 154 Å². The van der Waals surface area contributed by atoms with Crippen LogP contribution in [0.15, 0.2) is 170 Å². The van der Waals surface area contributed by atoms with Crippen LogP contribution in [0.4, 0.5) is 22.7 Å². The van der Waals surface area contributed by atoms with E-state index in [9.17, 15) is 19.8 Å². The maximum Gasteiger partial charge on any atom is 2.00 e. The van der Waals surface area contributed by atoms with Gasteiger partial charge in [0.05, 0.1) is 33.2 Å². The van der Waals surface area contributed by atoms with Gasteiger partial charge in [0.2, 0.25) is 0 Å². The Morgan fingerprint density at radius 1 is 0.415 bits per heavy atom. The number of aromatic carboxylic acids is 2. The van der Waals surface area contributed by atoms with Crippen LogP contribution in [0, 0.1) is 0 Å². The van der Waals surface area contributed by atoms with E-state index in [-0.39, 0.29) is 28.2 Å². The molecule has 12 rings (SSSR count). The van der Waals surface area contributed by atoms with E-state index in [0.717, 1.165) is 77.7 Å². The van der Waals surface area contributed by atoms with Crippen LogP contribution in [0.5, 0.6) is 0 Å². The van der Waals surface area contributed by atoms with Gasteiger partial charge in [-0.15, -0.1) is 22.7 Å². The second-order valence-electron chi connectivity index (χ2n) is 15.6. The summed E-state index contributed by atoms with van der Waals surface area (Å²) in [5.74, 6) is -1.99. The number of carbonyl (C=O) groups is 2. The third kappa shape index (κ3) is 7.38. The molecule has 0 saturated heterocycles. The molecule has 0 aliphatic heterocycles. The summed E-state index contributed by atoms with van der Waals surface area (Å²) in [6.45, 7) is 0. The first kappa shape index (κ1) is 40.8. The fourth-order valence-electron chi connectivity index (χ4n) is 8.76. The number of allylic oxidation sites excluding steroid dienone is 2. The Balaban J connectivity index is 0.000000151. The largest absolute Gasteiger partial charge is 2.00 e. The van der Waals surface area contributed by atoms with Crippen molar-refractivity contribution in [2.75, 3.05) is 0 Å². The van der Waals surface area contributed by atoms with Gasteiger partial charge in [0, 0.05) is 62.5 Å². The summed E-state index contributed by atoms with van der Waals surface area (Å²) in [5, 5.41) is 38.8. The molecule has 0 saturated carbocycles. The number of pyridine rings is 4. The Morgan fingerprint density at radius 3 is 1.32 bits per heavy atom. The van der Waals surface area contributed by atoms with Crippen molar-refractivity contribution in [2.45, 2.75) is 12.8 Å². The van der Waals surface area contributed by atoms with E-state index in [1.165, 1.54) is 11.1 Å². The van der Waals surface area contributed by atoms with Crippen LogP contribution in [-0.2, 0) is 29.9 Å². The minimum Gasteiger partial charge on any atom is -0.654 e. The third-order valence-corrected chi connectivity index (χ3v) is 11.8. The van der Waals surface area contributed by atoms with Crippen LogP contribution in [0.2, 0.25) is 0 Å². The predicted octanol–water partition coefficient (Wildman–Crippen LogP) is 13.7. The number of benzene rings is 7.